The van der Waals surface area contributed by atoms with Gasteiger partial charge in [-0.1, -0.05) is 18.6 Å². The number of aryl methyl sites for hydroxylation is 1. The third kappa shape index (κ3) is 4.01. The van der Waals surface area contributed by atoms with Crippen LogP contribution in [0.3, 0.4) is 0 Å². The van der Waals surface area contributed by atoms with E-state index in [-0.39, 0.29) is 41.9 Å². The molecule has 2 fully saturated rings. The van der Waals surface area contributed by atoms with E-state index in [9.17, 15) is 19.5 Å². The van der Waals surface area contributed by atoms with Crippen LogP contribution in [-0.4, -0.2) is 55.1 Å². The number of hydrogen-bond acceptors (Lipinski definition) is 5. The molecule has 2 aromatic rings. The van der Waals surface area contributed by atoms with Crippen LogP contribution in [-0.2, 0) is 29.6 Å². The van der Waals surface area contributed by atoms with Crippen molar-refractivity contribution in [2.24, 2.45) is 24.8 Å². The van der Waals surface area contributed by atoms with Gasteiger partial charge in [-0.25, -0.2) is 4.98 Å². The van der Waals surface area contributed by atoms with Crippen molar-refractivity contribution in [2.75, 3.05) is 13.2 Å². The molecule has 4 heterocycles. The van der Waals surface area contributed by atoms with Crippen LogP contribution in [0.1, 0.15) is 49.2 Å². The van der Waals surface area contributed by atoms with E-state index in [4.69, 9.17) is 0 Å². The quantitative estimate of drug-likeness (QED) is 0.622. The summed E-state index contributed by atoms with van der Waals surface area (Å²) in [7, 11) is 1.90. The Labute approximate surface area is 204 Å². The number of aromatic nitrogens is 3. The van der Waals surface area contributed by atoms with Gasteiger partial charge in [0.05, 0.1) is 18.1 Å². The molecule has 0 spiro atoms. The number of rotatable bonds is 7. The fraction of sp³-hybridized carbons (Fsp3) is 0.538. The maximum atomic E-state index is 13.7. The molecule has 1 saturated carbocycles. The molecular weight excluding hydrogens is 446 g/mol. The molecule has 2 aromatic heterocycles. The largest absolute Gasteiger partial charge is 0.396 e. The fourth-order valence-electron chi connectivity index (χ4n) is 5.93. The minimum atomic E-state index is -0.758. The van der Waals surface area contributed by atoms with Gasteiger partial charge in [0, 0.05) is 68.4 Å². The van der Waals surface area contributed by atoms with Gasteiger partial charge < -0.3 is 24.5 Å². The van der Waals surface area contributed by atoms with Crippen molar-refractivity contribution in [3.63, 3.8) is 0 Å². The minimum absolute atomic E-state index is 0.0366. The molecule has 2 N–H and O–H groups in total. The lowest BCUT2D eigenvalue weighted by atomic mass is 9.84. The van der Waals surface area contributed by atoms with E-state index in [2.05, 4.69) is 10.3 Å². The van der Waals surface area contributed by atoms with E-state index >= 15 is 0 Å². The second kappa shape index (κ2) is 9.45. The summed E-state index contributed by atoms with van der Waals surface area (Å²) >= 11 is 0. The highest BCUT2D eigenvalue weighted by Crippen LogP contribution is 2.50. The van der Waals surface area contributed by atoms with Gasteiger partial charge in [0.2, 0.25) is 11.8 Å². The molecule has 9 heteroatoms. The van der Waals surface area contributed by atoms with E-state index in [1.54, 1.807) is 27.9 Å². The van der Waals surface area contributed by atoms with Crippen LogP contribution < -0.4 is 10.9 Å². The SMILES string of the molecule is C/C=C\c1ccc2n(c1=O)C[C@@H]1[C@@H](CO)[C@H](C(=O)NCCc3cn(C)cn3)N(C(=O)C3CCC3)[C@H]21. The first-order valence-corrected chi connectivity index (χ1v) is 12.5. The summed E-state index contributed by atoms with van der Waals surface area (Å²) in [5.41, 5.74) is 2.13. The fourth-order valence-corrected chi connectivity index (χ4v) is 5.93. The molecule has 3 aliphatic rings. The Hall–Kier alpha value is -3.20. The van der Waals surface area contributed by atoms with E-state index in [0.717, 1.165) is 30.7 Å². The number of amides is 2. The van der Waals surface area contributed by atoms with Crippen molar-refractivity contribution in [1.29, 1.82) is 0 Å². The molecule has 0 bridgehead atoms. The third-order valence-electron chi connectivity index (χ3n) is 7.87. The maximum absolute atomic E-state index is 13.7. The number of imidazole rings is 1. The summed E-state index contributed by atoms with van der Waals surface area (Å²) in [5, 5.41) is 13.4. The lowest BCUT2D eigenvalue weighted by Gasteiger charge is -2.36. The molecule has 0 unspecified atom stereocenters. The molecule has 0 radical (unpaired) electrons. The van der Waals surface area contributed by atoms with Crippen molar-refractivity contribution < 1.29 is 14.7 Å². The lowest BCUT2D eigenvalue weighted by molar-refractivity contribution is -0.147. The van der Waals surface area contributed by atoms with E-state index in [0.29, 0.717) is 25.1 Å². The number of aliphatic hydroxyl groups excluding tert-OH is 1. The summed E-state index contributed by atoms with van der Waals surface area (Å²) in [5.74, 6) is -1.01. The number of nitrogens with one attached hydrogen (secondary N) is 1. The normalized spacial score (nSPS) is 25.5. The van der Waals surface area contributed by atoms with Gasteiger partial charge >= 0.3 is 0 Å². The van der Waals surface area contributed by atoms with Crippen LogP contribution in [0.15, 0.2) is 35.5 Å². The van der Waals surface area contributed by atoms with Crippen molar-refractivity contribution in [2.45, 2.75) is 51.2 Å². The zero-order valence-electron chi connectivity index (χ0n) is 20.3. The van der Waals surface area contributed by atoms with E-state index < -0.39 is 12.0 Å². The summed E-state index contributed by atoms with van der Waals surface area (Å²) in [4.78, 5) is 46.3. The molecule has 4 atom stereocenters. The van der Waals surface area contributed by atoms with Crippen molar-refractivity contribution >= 4 is 17.9 Å². The summed E-state index contributed by atoms with van der Waals surface area (Å²) in [6.07, 6.45) is 10.5. The Bertz CT molecular complexity index is 1210. The number of carbonyl (C=O) groups is 2. The van der Waals surface area contributed by atoms with Gasteiger partial charge in [-0.3, -0.25) is 14.4 Å². The van der Waals surface area contributed by atoms with Gasteiger partial charge in [0.15, 0.2) is 0 Å². The topological polar surface area (TPSA) is 109 Å². The molecule has 9 nitrogen and oxygen atoms in total. The zero-order valence-corrected chi connectivity index (χ0v) is 20.3. The lowest BCUT2D eigenvalue weighted by Crippen LogP contribution is -2.52. The molecule has 35 heavy (non-hydrogen) atoms. The second-order valence-electron chi connectivity index (χ2n) is 9.97. The molecule has 0 aromatic carbocycles. The van der Waals surface area contributed by atoms with Crippen LogP contribution >= 0.6 is 0 Å². The first-order valence-electron chi connectivity index (χ1n) is 12.5. The Morgan fingerprint density at radius 3 is 2.71 bits per heavy atom. The number of likely N-dealkylation sites (tertiary alicyclic amines) is 1. The average Bonchev–Trinajstić information content (AvgIpc) is 3.47. The highest BCUT2D eigenvalue weighted by molar-refractivity contribution is 5.90. The van der Waals surface area contributed by atoms with Gasteiger partial charge in [-0.2, -0.15) is 0 Å². The van der Waals surface area contributed by atoms with Gasteiger partial charge in [0.1, 0.15) is 6.04 Å². The Morgan fingerprint density at radius 1 is 1.29 bits per heavy atom. The number of hydrogen-bond donors (Lipinski definition) is 2. The molecular formula is C26H33N5O4. The smallest absolute Gasteiger partial charge is 0.258 e. The molecule has 1 saturated heterocycles. The Balaban J connectivity index is 1.45. The van der Waals surface area contributed by atoms with Gasteiger partial charge in [-0.05, 0) is 31.9 Å². The predicted octanol–water partition coefficient (Wildman–Crippen LogP) is 1.26. The molecule has 2 amide bonds. The maximum Gasteiger partial charge on any atom is 0.258 e. The second-order valence-corrected chi connectivity index (χ2v) is 9.97. The molecule has 186 valence electrons. The molecule has 1 aliphatic carbocycles. The number of pyridine rings is 1. The van der Waals surface area contributed by atoms with Crippen LogP contribution in [0, 0.1) is 17.8 Å². The van der Waals surface area contributed by atoms with Gasteiger partial charge in [0.25, 0.3) is 5.56 Å². The van der Waals surface area contributed by atoms with Crippen LogP contribution in [0.25, 0.3) is 6.08 Å². The van der Waals surface area contributed by atoms with Crippen LogP contribution in [0.2, 0.25) is 0 Å². The number of nitrogens with zero attached hydrogens (tertiary/aromatic N) is 4. The Morgan fingerprint density at radius 2 is 2.09 bits per heavy atom. The number of carbonyl (C=O) groups excluding carboxylic acids is 2. The van der Waals surface area contributed by atoms with Crippen LogP contribution in [0.5, 0.6) is 0 Å². The first kappa shape index (κ1) is 23.5. The predicted molar refractivity (Wildman–Crippen MR) is 130 cm³/mol. The number of fused-ring (bicyclic) bond motifs is 3. The highest BCUT2D eigenvalue weighted by atomic mass is 16.3. The van der Waals surface area contributed by atoms with E-state index in [1.807, 2.05) is 36.9 Å². The van der Waals surface area contributed by atoms with E-state index in [1.165, 1.54) is 0 Å². The minimum Gasteiger partial charge on any atom is -0.396 e. The highest BCUT2D eigenvalue weighted by Gasteiger charge is 2.58. The monoisotopic (exact) mass is 479 g/mol. The number of allylic oxidation sites excluding steroid dienone is 1. The standard InChI is InChI=1S/C26H33N5O4/c1-3-5-16-8-9-21-22-19(13-30(21)25(16)34)20(14-32)23(31(22)26(35)17-6-4-7-17)24(33)27-11-10-18-12-29(2)15-28-18/h3,5,8-9,12,15,17,19-20,22-23,32H,4,6-7,10-11,13-14H2,1-2H3,(H,27,33)/b5-3-/t19-,20-,22+,23-/m1/s1. The Kier molecular flexibility index (Phi) is 6.35. The zero-order chi connectivity index (χ0) is 24.7. The first-order chi connectivity index (χ1) is 16.9. The van der Waals surface area contributed by atoms with Crippen molar-refractivity contribution in [3.8, 4) is 0 Å². The third-order valence-corrected chi connectivity index (χ3v) is 7.87. The summed E-state index contributed by atoms with van der Waals surface area (Å²) in [6.45, 7) is 2.43. The van der Waals surface area contributed by atoms with Crippen LogP contribution in [0.4, 0.5) is 0 Å². The summed E-state index contributed by atoms with van der Waals surface area (Å²) in [6, 6.07) is 2.54. The number of aliphatic hydroxyl groups is 1. The average molecular weight is 480 g/mol. The summed E-state index contributed by atoms with van der Waals surface area (Å²) < 4.78 is 3.58. The molecule has 2 aliphatic heterocycles. The van der Waals surface area contributed by atoms with Crippen molar-refractivity contribution in [3.05, 3.63) is 58.0 Å². The molecule has 5 rings (SSSR count). The van der Waals surface area contributed by atoms with Gasteiger partial charge in [-0.15, -0.1) is 0 Å². The van der Waals surface area contributed by atoms with Crippen molar-refractivity contribution in [1.82, 2.24) is 24.3 Å².